The van der Waals surface area contributed by atoms with Crippen molar-refractivity contribution in [3.8, 4) is 5.75 Å². The van der Waals surface area contributed by atoms with Crippen LogP contribution in [0.5, 0.6) is 5.75 Å². The maximum atomic E-state index is 12.3. The van der Waals surface area contributed by atoms with Gasteiger partial charge in [0.25, 0.3) is 11.8 Å². The molecule has 1 aliphatic rings. The minimum absolute atomic E-state index is 0.00918. The number of hydrogen-bond acceptors (Lipinski definition) is 6. The largest absolute Gasteiger partial charge is 0.477 e. The summed E-state index contributed by atoms with van der Waals surface area (Å²) in [5.74, 6) is -0.747. The quantitative estimate of drug-likeness (QED) is 0.520. The van der Waals surface area contributed by atoms with Gasteiger partial charge in [-0.3, -0.25) is 19.7 Å². The van der Waals surface area contributed by atoms with Gasteiger partial charge >= 0.3 is 5.69 Å². The Bertz CT molecular complexity index is 895. The van der Waals surface area contributed by atoms with Crippen LogP contribution in [-0.4, -0.2) is 42.6 Å². The van der Waals surface area contributed by atoms with Crippen molar-refractivity contribution in [3.05, 3.63) is 64.2 Å². The topological polar surface area (TPSA) is 120 Å². The van der Waals surface area contributed by atoms with E-state index in [4.69, 9.17) is 9.47 Å². The van der Waals surface area contributed by atoms with Crippen molar-refractivity contribution in [2.24, 2.45) is 0 Å². The van der Waals surface area contributed by atoms with Crippen LogP contribution in [0.3, 0.4) is 0 Å². The molecule has 9 heteroatoms. The van der Waals surface area contributed by atoms with Gasteiger partial charge in [-0.25, -0.2) is 0 Å². The molecule has 1 heterocycles. The first-order chi connectivity index (χ1) is 14.0. The summed E-state index contributed by atoms with van der Waals surface area (Å²) in [7, 11) is 0. The first-order valence-electron chi connectivity index (χ1n) is 9.19. The number of nitro benzene ring substituents is 1. The fourth-order valence-electron chi connectivity index (χ4n) is 2.92. The van der Waals surface area contributed by atoms with Crippen LogP contribution in [0.15, 0.2) is 48.5 Å². The van der Waals surface area contributed by atoms with Gasteiger partial charge in [0.05, 0.1) is 11.0 Å². The van der Waals surface area contributed by atoms with Crippen LogP contribution in [0.1, 0.15) is 23.2 Å². The number of carbonyl (C=O) groups is 2. The number of carbonyl (C=O) groups excluding carboxylic acids is 2. The molecule has 2 N–H and O–H groups in total. The molecule has 2 aromatic carbocycles. The minimum Gasteiger partial charge on any atom is -0.477 e. The highest BCUT2D eigenvalue weighted by molar-refractivity contribution is 5.97. The molecule has 1 unspecified atom stereocenters. The first kappa shape index (κ1) is 20.3. The van der Waals surface area contributed by atoms with Crippen molar-refractivity contribution in [2.45, 2.75) is 18.9 Å². The molecule has 0 spiro atoms. The van der Waals surface area contributed by atoms with Crippen LogP contribution >= 0.6 is 0 Å². The van der Waals surface area contributed by atoms with Gasteiger partial charge in [-0.05, 0) is 37.1 Å². The lowest BCUT2D eigenvalue weighted by atomic mass is 10.1. The van der Waals surface area contributed by atoms with Crippen molar-refractivity contribution in [3.63, 3.8) is 0 Å². The maximum absolute atomic E-state index is 12.3. The van der Waals surface area contributed by atoms with Crippen LogP contribution in [0.25, 0.3) is 0 Å². The number of nitro groups is 1. The molecule has 2 aromatic rings. The number of hydrogen-bond donors (Lipinski definition) is 2. The lowest BCUT2D eigenvalue weighted by molar-refractivity contribution is -0.385. The van der Waals surface area contributed by atoms with E-state index in [0.717, 1.165) is 19.4 Å². The predicted molar refractivity (Wildman–Crippen MR) is 105 cm³/mol. The molecule has 1 saturated heterocycles. The molecule has 0 aromatic heterocycles. The van der Waals surface area contributed by atoms with E-state index in [1.807, 2.05) is 0 Å². The van der Waals surface area contributed by atoms with E-state index in [1.54, 1.807) is 30.3 Å². The molecule has 1 fully saturated rings. The summed E-state index contributed by atoms with van der Waals surface area (Å²) in [5.41, 5.74) is 0.608. The van der Waals surface area contributed by atoms with E-state index in [0.29, 0.717) is 17.8 Å². The minimum atomic E-state index is -0.577. The number of para-hydroxylation sites is 2. The molecular formula is C20H21N3O6. The normalized spacial score (nSPS) is 15.5. The van der Waals surface area contributed by atoms with Crippen LogP contribution in [0, 0.1) is 10.1 Å². The highest BCUT2D eigenvalue weighted by Gasteiger charge is 2.17. The Hall–Kier alpha value is -3.46. The fourth-order valence-corrected chi connectivity index (χ4v) is 2.92. The Kier molecular flexibility index (Phi) is 6.75. The molecule has 1 atom stereocenters. The molecule has 29 heavy (non-hydrogen) atoms. The molecule has 1 aliphatic heterocycles. The van der Waals surface area contributed by atoms with Crippen LogP contribution in [0.2, 0.25) is 0 Å². The summed E-state index contributed by atoms with van der Waals surface area (Å²) in [6.07, 6.45) is 1.97. The van der Waals surface area contributed by atoms with Crippen LogP contribution in [0.4, 0.5) is 11.4 Å². The van der Waals surface area contributed by atoms with Crippen molar-refractivity contribution in [1.82, 2.24) is 5.32 Å². The van der Waals surface area contributed by atoms with Gasteiger partial charge < -0.3 is 20.1 Å². The summed E-state index contributed by atoms with van der Waals surface area (Å²) in [6.45, 7) is 0.760. The van der Waals surface area contributed by atoms with Gasteiger partial charge in [-0.15, -0.1) is 0 Å². The number of rotatable bonds is 8. The van der Waals surface area contributed by atoms with Gasteiger partial charge in [0.2, 0.25) is 0 Å². The van der Waals surface area contributed by atoms with Gasteiger partial charge in [0.15, 0.2) is 12.4 Å². The third kappa shape index (κ3) is 5.76. The number of nitrogens with zero attached hydrogens (tertiary/aromatic N) is 1. The Morgan fingerprint density at radius 3 is 2.79 bits per heavy atom. The zero-order valence-corrected chi connectivity index (χ0v) is 15.6. The average molecular weight is 399 g/mol. The monoisotopic (exact) mass is 399 g/mol. The van der Waals surface area contributed by atoms with Gasteiger partial charge in [-0.2, -0.15) is 0 Å². The standard InChI is InChI=1S/C20H21N3O6/c24-19(13-29-18-9-2-1-8-17(18)23(26)27)22-15-6-3-5-14(11-15)20(25)21-12-16-7-4-10-28-16/h1-3,5-6,8-9,11,16H,4,7,10,12-13H2,(H,21,25)(H,22,24). The van der Waals surface area contributed by atoms with Crippen molar-refractivity contribution < 1.29 is 24.0 Å². The zero-order valence-electron chi connectivity index (χ0n) is 15.6. The summed E-state index contributed by atoms with van der Waals surface area (Å²) in [5, 5.41) is 16.4. The molecule has 0 aliphatic carbocycles. The number of benzene rings is 2. The predicted octanol–water partition coefficient (Wildman–Crippen LogP) is 2.52. The molecule has 2 amide bonds. The molecular weight excluding hydrogens is 378 g/mol. The van der Waals surface area contributed by atoms with E-state index < -0.39 is 17.4 Å². The van der Waals surface area contributed by atoms with Crippen LogP contribution in [-0.2, 0) is 9.53 Å². The third-order valence-corrected chi connectivity index (χ3v) is 4.34. The van der Waals surface area contributed by atoms with E-state index in [9.17, 15) is 19.7 Å². The van der Waals surface area contributed by atoms with Crippen molar-refractivity contribution >= 4 is 23.2 Å². The Labute approximate surface area is 167 Å². The number of anilines is 1. The highest BCUT2D eigenvalue weighted by Crippen LogP contribution is 2.25. The Morgan fingerprint density at radius 2 is 2.03 bits per heavy atom. The average Bonchev–Trinajstić information content (AvgIpc) is 3.24. The van der Waals surface area contributed by atoms with E-state index in [2.05, 4.69) is 10.6 Å². The van der Waals surface area contributed by atoms with Gasteiger partial charge in [0.1, 0.15) is 0 Å². The third-order valence-electron chi connectivity index (χ3n) is 4.34. The second kappa shape index (κ2) is 9.65. The molecule has 0 bridgehead atoms. The molecule has 0 radical (unpaired) electrons. The Morgan fingerprint density at radius 1 is 1.21 bits per heavy atom. The van der Waals surface area contributed by atoms with E-state index in [-0.39, 0.29) is 23.4 Å². The molecule has 3 rings (SSSR count). The summed E-state index contributed by atoms with van der Waals surface area (Å²) < 4.78 is 10.7. The molecule has 9 nitrogen and oxygen atoms in total. The van der Waals surface area contributed by atoms with Crippen molar-refractivity contribution in [1.29, 1.82) is 0 Å². The van der Waals surface area contributed by atoms with Crippen molar-refractivity contribution in [2.75, 3.05) is 25.1 Å². The SMILES string of the molecule is O=C(COc1ccccc1[N+](=O)[O-])Nc1cccc(C(=O)NCC2CCCO2)c1. The summed E-state index contributed by atoms with van der Waals surface area (Å²) in [6, 6.07) is 12.3. The van der Waals surface area contributed by atoms with Gasteiger partial charge in [0, 0.05) is 30.5 Å². The fraction of sp³-hybridized carbons (Fsp3) is 0.300. The number of nitrogens with one attached hydrogen (secondary N) is 2. The van der Waals surface area contributed by atoms with Gasteiger partial charge in [-0.1, -0.05) is 18.2 Å². The number of ether oxygens (including phenoxy) is 2. The first-order valence-corrected chi connectivity index (χ1v) is 9.19. The lowest BCUT2D eigenvalue weighted by Crippen LogP contribution is -2.31. The zero-order chi connectivity index (χ0) is 20.6. The second-order valence-corrected chi connectivity index (χ2v) is 6.49. The Balaban J connectivity index is 1.53. The second-order valence-electron chi connectivity index (χ2n) is 6.49. The van der Waals surface area contributed by atoms with E-state index >= 15 is 0 Å². The maximum Gasteiger partial charge on any atom is 0.310 e. The lowest BCUT2D eigenvalue weighted by Gasteiger charge is -2.12. The summed E-state index contributed by atoms with van der Waals surface area (Å²) in [4.78, 5) is 34.8. The van der Waals surface area contributed by atoms with E-state index in [1.165, 1.54) is 18.2 Å². The highest BCUT2D eigenvalue weighted by atomic mass is 16.6. The number of amides is 2. The smallest absolute Gasteiger partial charge is 0.310 e. The molecule has 152 valence electrons. The summed E-state index contributed by atoms with van der Waals surface area (Å²) >= 11 is 0. The molecule has 0 saturated carbocycles. The van der Waals surface area contributed by atoms with Crippen LogP contribution < -0.4 is 15.4 Å².